The summed E-state index contributed by atoms with van der Waals surface area (Å²) in [5.74, 6) is 0.539. The van der Waals surface area contributed by atoms with Crippen molar-refractivity contribution in [1.82, 2.24) is 4.57 Å². The Bertz CT molecular complexity index is 495. The highest BCUT2D eigenvalue weighted by Gasteiger charge is 2.46. The Kier molecular flexibility index (Phi) is 2.90. The van der Waals surface area contributed by atoms with E-state index in [0.717, 1.165) is 19.4 Å². The monoisotopic (exact) mass is 248 g/mol. The number of nitrogens with one attached hydrogen (secondary N) is 1. The SMILES string of the molecule is CC(C)Nc1cccn(C2CC3OCCC32)c1=O. The van der Waals surface area contributed by atoms with Crippen LogP contribution in [0.5, 0.6) is 0 Å². The number of nitrogens with zero attached hydrogens (tertiary/aromatic N) is 1. The van der Waals surface area contributed by atoms with Gasteiger partial charge in [-0.15, -0.1) is 0 Å². The topological polar surface area (TPSA) is 43.3 Å². The zero-order chi connectivity index (χ0) is 12.7. The van der Waals surface area contributed by atoms with Gasteiger partial charge in [-0.05, 0) is 38.8 Å². The third kappa shape index (κ3) is 1.85. The molecule has 3 atom stereocenters. The second-order valence-electron chi connectivity index (χ2n) is 5.60. The van der Waals surface area contributed by atoms with Crippen molar-refractivity contribution in [2.75, 3.05) is 11.9 Å². The van der Waals surface area contributed by atoms with Gasteiger partial charge in [0.05, 0.1) is 6.10 Å². The lowest BCUT2D eigenvalue weighted by molar-refractivity contribution is -0.00682. The summed E-state index contributed by atoms with van der Waals surface area (Å²) in [5, 5.41) is 3.21. The molecule has 2 aliphatic rings. The van der Waals surface area contributed by atoms with Crippen LogP contribution in [-0.2, 0) is 4.74 Å². The molecule has 0 spiro atoms. The number of ether oxygens (including phenoxy) is 1. The highest BCUT2D eigenvalue weighted by molar-refractivity contribution is 5.41. The first-order valence-electron chi connectivity index (χ1n) is 6.76. The molecule has 0 aromatic carbocycles. The summed E-state index contributed by atoms with van der Waals surface area (Å²) in [5.41, 5.74) is 0.802. The van der Waals surface area contributed by atoms with Crippen LogP contribution in [0.25, 0.3) is 0 Å². The van der Waals surface area contributed by atoms with E-state index in [9.17, 15) is 4.79 Å². The Morgan fingerprint density at radius 3 is 3.06 bits per heavy atom. The minimum absolute atomic E-state index is 0.0987. The second kappa shape index (κ2) is 4.43. The zero-order valence-electron chi connectivity index (χ0n) is 10.9. The molecule has 2 fully saturated rings. The summed E-state index contributed by atoms with van der Waals surface area (Å²) >= 11 is 0. The van der Waals surface area contributed by atoms with Crippen LogP contribution in [0.15, 0.2) is 23.1 Å². The van der Waals surface area contributed by atoms with Crippen LogP contribution in [-0.4, -0.2) is 23.3 Å². The molecular weight excluding hydrogens is 228 g/mol. The predicted octanol–water partition coefficient (Wildman–Crippen LogP) is 2.02. The Hall–Kier alpha value is -1.29. The van der Waals surface area contributed by atoms with Crippen molar-refractivity contribution < 1.29 is 4.74 Å². The van der Waals surface area contributed by atoms with Gasteiger partial charge in [0.15, 0.2) is 0 Å². The van der Waals surface area contributed by atoms with Crippen molar-refractivity contribution in [2.45, 2.75) is 44.9 Å². The van der Waals surface area contributed by atoms with Crippen LogP contribution < -0.4 is 10.9 Å². The van der Waals surface area contributed by atoms with Crippen LogP contribution in [0, 0.1) is 5.92 Å². The summed E-state index contributed by atoms with van der Waals surface area (Å²) < 4.78 is 7.50. The highest BCUT2D eigenvalue weighted by Crippen LogP contribution is 2.46. The molecule has 98 valence electrons. The van der Waals surface area contributed by atoms with Crippen LogP contribution in [0.3, 0.4) is 0 Å². The van der Waals surface area contributed by atoms with Crippen LogP contribution in [0.2, 0.25) is 0 Å². The lowest BCUT2D eigenvalue weighted by Gasteiger charge is -2.40. The molecule has 3 rings (SSSR count). The van der Waals surface area contributed by atoms with E-state index in [2.05, 4.69) is 5.32 Å². The van der Waals surface area contributed by atoms with Gasteiger partial charge in [-0.3, -0.25) is 4.79 Å². The van der Waals surface area contributed by atoms with Gasteiger partial charge in [-0.1, -0.05) is 0 Å². The molecule has 2 heterocycles. The Morgan fingerprint density at radius 1 is 1.50 bits per heavy atom. The van der Waals surface area contributed by atoms with E-state index < -0.39 is 0 Å². The summed E-state index contributed by atoms with van der Waals surface area (Å²) in [6, 6.07) is 4.42. The fourth-order valence-electron chi connectivity index (χ4n) is 3.08. The molecule has 0 bridgehead atoms. The van der Waals surface area contributed by atoms with Crippen molar-refractivity contribution in [1.29, 1.82) is 0 Å². The molecule has 4 nitrogen and oxygen atoms in total. The molecule has 1 aliphatic carbocycles. The number of hydrogen-bond acceptors (Lipinski definition) is 3. The zero-order valence-corrected chi connectivity index (χ0v) is 10.9. The van der Waals surface area contributed by atoms with Crippen molar-refractivity contribution >= 4 is 5.69 Å². The molecule has 3 unspecified atom stereocenters. The van der Waals surface area contributed by atoms with Gasteiger partial charge in [0.2, 0.25) is 0 Å². The van der Waals surface area contributed by atoms with Crippen molar-refractivity contribution in [3.63, 3.8) is 0 Å². The maximum absolute atomic E-state index is 12.4. The Balaban J connectivity index is 1.86. The molecule has 18 heavy (non-hydrogen) atoms. The fourth-order valence-corrected chi connectivity index (χ4v) is 3.08. The summed E-state index contributed by atoms with van der Waals surface area (Å²) in [7, 11) is 0. The fraction of sp³-hybridized carbons (Fsp3) is 0.643. The average molecular weight is 248 g/mol. The average Bonchev–Trinajstić information content (AvgIpc) is 2.65. The standard InChI is InChI=1S/C14H20N2O2/c1-9(2)15-11-4-3-6-16(14(11)17)12-8-13-10(12)5-7-18-13/h3-4,6,9-10,12-13,15H,5,7-8H2,1-2H3. The number of rotatable bonds is 3. The van der Waals surface area contributed by atoms with Gasteiger partial charge >= 0.3 is 0 Å². The number of aromatic nitrogens is 1. The van der Waals surface area contributed by atoms with Gasteiger partial charge < -0.3 is 14.6 Å². The largest absolute Gasteiger partial charge is 0.378 e. The first-order valence-corrected chi connectivity index (χ1v) is 6.76. The highest BCUT2D eigenvalue weighted by atomic mass is 16.5. The molecule has 0 amide bonds. The molecule has 0 radical (unpaired) electrons. The lowest BCUT2D eigenvalue weighted by Crippen LogP contribution is -2.43. The van der Waals surface area contributed by atoms with Crippen molar-refractivity contribution in [3.05, 3.63) is 28.7 Å². The van der Waals surface area contributed by atoms with Crippen LogP contribution in [0.4, 0.5) is 5.69 Å². The van der Waals surface area contributed by atoms with Gasteiger partial charge in [0, 0.05) is 30.8 Å². The first kappa shape index (κ1) is 11.8. The normalized spacial score (nSPS) is 30.1. The molecule has 1 saturated carbocycles. The van der Waals surface area contributed by atoms with E-state index in [1.807, 2.05) is 36.7 Å². The van der Waals surface area contributed by atoms with Crippen molar-refractivity contribution in [3.8, 4) is 0 Å². The number of fused-ring (bicyclic) bond motifs is 1. The Labute approximate surface area is 107 Å². The lowest BCUT2D eigenvalue weighted by atomic mass is 9.76. The number of hydrogen-bond donors (Lipinski definition) is 1. The maximum atomic E-state index is 12.4. The third-order valence-corrected chi connectivity index (χ3v) is 4.00. The summed E-state index contributed by atoms with van der Waals surface area (Å²) in [6.45, 7) is 4.94. The smallest absolute Gasteiger partial charge is 0.274 e. The number of anilines is 1. The molecule has 1 aromatic rings. The molecular formula is C14H20N2O2. The van der Waals surface area contributed by atoms with E-state index in [1.165, 1.54) is 0 Å². The first-order chi connectivity index (χ1) is 8.66. The van der Waals surface area contributed by atoms with Gasteiger partial charge in [-0.25, -0.2) is 0 Å². The van der Waals surface area contributed by atoms with Crippen LogP contribution in [0.1, 0.15) is 32.7 Å². The quantitative estimate of drug-likeness (QED) is 0.890. The molecule has 4 heteroatoms. The van der Waals surface area contributed by atoms with E-state index in [1.54, 1.807) is 0 Å². The van der Waals surface area contributed by atoms with Gasteiger partial charge in [-0.2, -0.15) is 0 Å². The van der Waals surface area contributed by atoms with E-state index in [4.69, 9.17) is 4.74 Å². The minimum Gasteiger partial charge on any atom is -0.378 e. The molecule has 1 aliphatic heterocycles. The van der Waals surface area contributed by atoms with Crippen LogP contribution >= 0.6 is 0 Å². The molecule has 1 aromatic heterocycles. The van der Waals surface area contributed by atoms with Crippen molar-refractivity contribution in [2.24, 2.45) is 5.92 Å². The van der Waals surface area contributed by atoms with Gasteiger partial charge in [0.1, 0.15) is 5.69 Å². The summed E-state index contributed by atoms with van der Waals surface area (Å²) in [6.07, 6.45) is 4.37. The molecule has 1 saturated heterocycles. The third-order valence-electron chi connectivity index (χ3n) is 4.00. The van der Waals surface area contributed by atoms with E-state index in [-0.39, 0.29) is 11.6 Å². The van der Waals surface area contributed by atoms with Gasteiger partial charge in [0.25, 0.3) is 5.56 Å². The number of pyridine rings is 1. The van der Waals surface area contributed by atoms with E-state index in [0.29, 0.717) is 23.8 Å². The predicted molar refractivity (Wildman–Crippen MR) is 71.0 cm³/mol. The Morgan fingerprint density at radius 2 is 2.33 bits per heavy atom. The second-order valence-corrected chi connectivity index (χ2v) is 5.60. The summed E-state index contributed by atoms with van der Waals surface area (Å²) in [4.78, 5) is 12.4. The molecule has 1 N–H and O–H groups in total. The van der Waals surface area contributed by atoms with E-state index >= 15 is 0 Å². The minimum atomic E-state index is 0.0987. The maximum Gasteiger partial charge on any atom is 0.274 e.